The van der Waals surface area contributed by atoms with E-state index in [1.165, 1.54) is 0 Å². The predicted molar refractivity (Wildman–Crippen MR) is 120 cm³/mol. The van der Waals surface area contributed by atoms with Gasteiger partial charge >= 0.3 is 0 Å². The maximum atomic E-state index is 13.4. The number of anilines is 1. The van der Waals surface area contributed by atoms with E-state index in [-0.39, 0.29) is 18.1 Å². The molecule has 3 N–H and O–H groups in total. The van der Waals surface area contributed by atoms with E-state index in [1.807, 2.05) is 25.1 Å². The molecule has 0 bridgehead atoms. The standard InChI is InChI=1S/C24H20F3N5O2/c1-12-6-21-14(10-28-31-21)7-16(12)19-2-3-20(30-19)24(34)32-5-4-13(11-32)23(33)29-15-8-17(25)22(27)18(26)9-15/h2-3,6-10,13,30H,4-5,11H2,1H3,(H,28,31)(H,29,33). The highest BCUT2D eigenvalue weighted by Gasteiger charge is 2.32. The monoisotopic (exact) mass is 467 g/mol. The molecule has 0 aliphatic carbocycles. The smallest absolute Gasteiger partial charge is 0.270 e. The number of nitrogens with one attached hydrogen (secondary N) is 3. The maximum Gasteiger partial charge on any atom is 0.270 e. The molecule has 2 aromatic heterocycles. The number of carbonyl (C=O) groups is 2. The van der Waals surface area contributed by atoms with E-state index >= 15 is 0 Å². The highest BCUT2D eigenvalue weighted by molar-refractivity contribution is 5.96. The van der Waals surface area contributed by atoms with Gasteiger partial charge in [-0.05, 0) is 43.2 Å². The van der Waals surface area contributed by atoms with Gasteiger partial charge in [-0.25, -0.2) is 13.2 Å². The number of amides is 2. The molecule has 1 atom stereocenters. The molecule has 34 heavy (non-hydrogen) atoms. The molecular formula is C24H20F3N5O2. The first-order valence-electron chi connectivity index (χ1n) is 10.7. The Kier molecular flexibility index (Phi) is 5.35. The molecule has 1 saturated heterocycles. The molecule has 1 aliphatic rings. The van der Waals surface area contributed by atoms with Crippen molar-refractivity contribution < 1.29 is 22.8 Å². The number of aryl methyl sites for hydroxylation is 1. The van der Waals surface area contributed by atoms with Gasteiger partial charge in [-0.3, -0.25) is 14.7 Å². The Bertz CT molecular complexity index is 1400. The van der Waals surface area contributed by atoms with Crippen LogP contribution in [-0.4, -0.2) is 45.0 Å². The molecule has 1 aliphatic heterocycles. The van der Waals surface area contributed by atoms with Crippen molar-refractivity contribution in [3.05, 3.63) is 71.3 Å². The van der Waals surface area contributed by atoms with Crippen LogP contribution in [0.4, 0.5) is 18.9 Å². The largest absolute Gasteiger partial charge is 0.351 e. The number of aromatic amines is 2. The van der Waals surface area contributed by atoms with Crippen LogP contribution in [0.3, 0.4) is 0 Å². The summed E-state index contributed by atoms with van der Waals surface area (Å²) in [5.41, 5.74) is 3.90. The van der Waals surface area contributed by atoms with Crippen LogP contribution in [0.15, 0.2) is 42.6 Å². The first-order valence-corrected chi connectivity index (χ1v) is 10.7. The minimum atomic E-state index is -1.60. The van der Waals surface area contributed by atoms with E-state index in [2.05, 4.69) is 20.5 Å². The van der Waals surface area contributed by atoms with E-state index in [9.17, 15) is 22.8 Å². The third kappa shape index (κ3) is 3.91. The van der Waals surface area contributed by atoms with Crippen molar-refractivity contribution >= 4 is 28.4 Å². The SMILES string of the molecule is Cc1cc2[nH]ncc2cc1-c1ccc(C(=O)N2CCC(C(=O)Nc3cc(F)c(F)c(F)c3)C2)[nH]1. The van der Waals surface area contributed by atoms with Gasteiger partial charge in [-0.1, -0.05) is 0 Å². The first-order chi connectivity index (χ1) is 16.3. The van der Waals surface area contributed by atoms with E-state index in [0.717, 1.165) is 39.9 Å². The van der Waals surface area contributed by atoms with E-state index < -0.39 is 29.3 Å². The fourth-order valence-corrected chi connectivity index (χ4v) is 4.27. The fraction of sp³-hybridized carbons (Fsp3) is 0.208. The van der Waals surface area contributed by atoms with Gasteiger partial charge in [0.15, 0.2) is 17.5 Å². The van der Waals surface area contributed by atoms with Crippen LogP contribution >= 0.6 is 0 Å². The predicted octanol–water partition coefficient (Wildman–Crippen LogP) is 4.38. The summed E-state index contributed by atoms with van der Waals surface area (Å²) in [5.74, 6) is -5.66. The Morgan fingerprint density at radius 1 is 1.12 bits per heavy atom. The minimum absolute atomic E-state index is 0.158. The van der Waals surface area contributed by atoms with Crippen molar-refractivity contribution in [3.63, 3.8) is 0 Å². The Hall–Kier alpha value is -4.08. The van der Waals surface area contributed by atoms with Crippen LogP contribution in [0.25, 0.3) is 22.2 Å². The van der Waals surface area contributed by atoms with Gasteiger partial charge in [-0.15, -0.1) is 0 Å². The third-order valence-corrected chi connectivity index (χ3v) is 6.09. The molecule has 0 radical (unpaired) electrons. The Morgan fingerprint density at radius 3 is 2.65 bits per heavy atom. The molecule has 3 heterocycles. The van der Waals surface area contributed by atoms with Crippen molar-refractivity contribution in [2.75, 3.05) is 18.4 Å². The molecule has 0 spiro atoms. The summed E-state index contributed by atoms with van der Waals surface area (Å²) in [6.45, 7) is 2.49. The lowest BCUT2D eigenvalue weighted by Gasteiger charge is -2.16. The zero-order chi connectivity index (χ0) is 24.0. The number of hydrogen-bond acceptors (Lipinski definition) is 3. The number of H-pyrrole nitrogens is 2. The number of likely N-dealkylation sites (tertiary alicyclic amines) is 1. The van der Waals surface area contributed by atoms with Crippen LogP contribution in [0, 0.1) is 30.3 Å². The van der Waals surface area contributed by atoms with Crippen molar-refractivity contribution in [3.8, 4) is 11.3 Å². The van der Waals surface area contributed by atoms with Crippen molar-refractivity contribution in [1.82, 2.24) is 20.1 Å². The van der Waals surface area contributed by atoms with Crippen LogP contribution < -0.4 is 5.32 Å². The van der Waals surface area contributed by atoms with Crippen LogP contribution in [0.1, 0.15) is 22.5 Å². The third-order valence-electron chi connectivity index (χ3n) is 6.09. The molecule has 2 amide bonds. The average molecular weight is 467 g/mol. The quantitative estimate of drug-likeness (QED) is 0.389. The lowest BCUT2D eigenvalue weighted by Crippen LogP contribution is -2.31. The number of benzene rings is 2. The fourth-order valence-electron chi connectivity index (χ4n) is 4.27. The van der Waals surface area contributed by atoms with E-state index in [4.69, 9.17) is 0 Å². The molecule has 1 unspecified atom stereocenters. The molecule has 174 valence electrons. The zero-order valence-electron chi connectivity index (χ0n) is 18.1. The zero-order valence-corrected chi connectivity index (χ0v) is 18.1. The molecule has 2 aromatic carbocycles. The lowest BCUT2D eigenvalue weighted by atomic mass is 10.0. The summed E-state index contributed by atoms with van der Waals surface area (Å²) < 4.78 is 39.9. The van der Waals surface area contributed by atoms with E-state index in [0.29, 0.717) is 18.7 Å². The van der Waals surface area contributed by atoms with Gasteiger partial charge in [-0.2, -0.15) is 5.10 Å². The number of carbonyl (C=O) groups excluding carboxylic acids is 2. The van der Waals surface area contributed by atoms with Crippen molar-refractivity contribution in [2.45, 2.75) is 13.3 Å². The first kappa shape index (κ1) is 21.7. The highest BCUT2D eigenvalue weighted by atomic mass is 19.2. The van der Waals surface area contributed by atoms with Gasteiger partial charge in [0.1, 0.15) is 5.69 Å². The van der Waals surface area contributed by atoms with Gasteiger partial charge in [0.25, 0.3) is 5.91 Å². The van der Waals surface area contributed by atoms with Gasteiger partial charge in [0, 0.05) is 47.6 Å². The summed E-state index contributed by atoms with van der Waals surface area (Å²) in [6.07, 6.45) is 2.13. The topological polar surface area (TPSA) is 93.9 Å². The number of fused-ring (bicyclic) bond motifs is 1. The number of nitrogens with zero attached hydrogens (tertiary/aromatic N) is 2. The maximum absolute atomic E-state index is 13.4. The molecule has 0 saturated carbocycles. The molecule has 7 nitrogen and oxygen atoms in total. The summed E-state index contributed by atoms with van der Waals surface area (Å²) in [5, 5.41) is 10.3. The van der Waals surface area contributed by atoms with Crippen LogP contribution in [0.5, 0.6) is 0 Å². The van der Waals surface area contributed by atoms with Crippen LogP contribution in [-0.2, 0) is 4.79 Å². The van der Waals surface area contributed by atoms with Gasteiger partial charge in [0.05, 0.1) is 17.6 Å². The summed E-state index contributed by atoms with van der Waals surface area (Å²) >= 11 is 0. The molecule has 10 heteroatoms. The van der Waals surface area contributed by atoms with Gasteiger partial charge < -0.3 is 15.2 Å². The van der Waals surface area contributed by atoms with Crippen molar-refractivity contribution in [1.29, 1.82) is 0 Å². The second kappa shape index (κ2) is 8.36. The van der Waals surface area contributed by atoms with Crippen molar-refractivity contribution in [2.24, 2.45) is 5.92 Å². The number of aromatic nitrogens is 3. The number of hydrogen-bond donors (Lipinski definition) is 3. The molecular weight excluding hydrogens is 447 g/mol. The second-order valence-corrected chi connectivity index (χ2v) is 8.39. The molecule has 5 rings (SSSR count). The van der Waals surface area contributed by atoms with Crippen LogP contribution in [0.2, 0.25) is 0 Å². The summed E-state index contributed by atoms with van der Waals surface area (Å²) in [4.78, 5) is 30.3. The Morgan fingerprint density at radius 2 is 1.88 bits per heavy atom. The Balaban J connectivity index is 1.27. The highest BCUT2D eigenvalue weighted by Crippen LogP contribution is 2.28. The number of rotatable bonds is 4. The van der Waals surface area contributed by atoms with Gasteiger partial charge in [0.2, 0.25) is 5.91 Å². The normalized spacial score (nSPS) is 15.8. The lowest BCUT2D eigenvalue weighted by molar-refractivity contribution is -0.119. The molecule has 1 fully saturated rings. The minimum Gasteiger partial charge on any atom is -0.351 e. The van der Waals surface area contributed by atoms with E-state index in [1.54, 1.807) is 17.2 Å². The number of halogens is 3. The average Bonchev–Trinajstić information content (AvgIpc) is 3.56. The summed E-state index contributed by atoms with van der Waals surface area (Å²) in [7, 11) is 0. The molecule has 4 aromatic rings. The second-order valence-electron chi connectivity index (χ2n) is 8.39. The summed E-state index contributed by atoms with van der Waals surface area (Å²) in [6, 6.07) is 8.96. The Labute approximate surface area is 192 Å².